The minimum atomic E-state index is -3.67. The van der Waals surface area contributed by atoms with Gasteiger partial charge in [-0.25, -0.2) is 8.42 Å². The number of sulfonamides is 1. The fourth-order valence-electron chi connectivity index (χ4n) is 3.40. The second-order valence-electron chi connectivity index (χ2n) is 6.82. The molecule has 0 radical (unpaired) electrons. The Balaban J connectivity index is 1.51. The van der Waals surface area contributed by atoms with Crippen LogP contribution in [0.1, 0.15) is 25.7 Å². The van der Waals surface area contributed by atoms with Crippen LogP contribution in [0.15, 0.2) is 64.4 Å². The average Bonchev–Trinajstić information content (AvgIpc) is 3.20. The van der Waals surface area contributed by atoms with Crippen LogP contribution in [0.4, 0.5) is 0 Å². The Kier molecular flexibility index (Phi) is 6.64. The first-order chi connectivity index (χ1) is 13.5. The topological polar surface area (TPSA) is 88.5 Å². The maximum absolute atomic E-state index is 12.8. The lowest BCUT2D eigenvalue weighted by molar-refractivity contribution is -0.124. The molecule has 28 heavy (non-hydrogen) atoms. The molecule has 1 saturated heterocycles. The number of carbonyl (C=O) groups is 1. The van der Waals surface area contributed by atoms with Gasteiger partial charge in [0.15, 0.2) is 0 Å². The first-order valence-electron chi connectivity index (χ1n) is 9.50. The third kappa shape index (κ3) is 4.69. The molecule has 1 fully saturated rings. The lowest BCUT2D eigenvalue weighted by Crippen LogP contribution is -2.46. The lowest BCUT2D eigenvalue weighted by atomic mass is 10.2. The number of pyridine rings is 1. The number of nitrogens with zero attached hydrogens (tertiary/aromatic N) is 2. The normalized spacial score (nSPS) is 17.5. The molecule has 0 spiro atoms. The van der Waals surface area contributed by atoms with Crippen LogP contribution in [0.2, 0.25) is 0 Å². The van der Waals surface area contributed by atoms with Crippen molar-refractivity contribution < 1.29 is 13.2 Å². The van der Waals surface area contributed by atoms with E-state index in [-0.39, 0.29) is 16.4 Å². The van der Waals surface area contributed by atoms with Crippen molar-refractivity contribution >= 4 is 15.9 Å². The zero-order chi connectivity index (χ0) is 20.0. The maximum Gasteiger partial charge on any atom is 0.250 e. The zero-order valence-electron chi connectivity index (χ0n) is 15.7. The highest BCUT2D eigenvalue weighted by molar-refractivity contribution is 7.89. The van der Waals surface area contributed by atoms with Gasteiger partial charge in [-0.1, -0.05) is 24.3 Å². The number of benzene rings is 1. The fourth-order valence-corrected chi connectivity index (χ4v) is 5.08. The molecule has 0 aliphatic carbocycles. The number of amides is 1. The summed E-state index contributed by atoms with van der Waals surface area (Å²) in [4.78, 5) is 24.4. The van der Waals surface area contributed by atoms with Gasteiger partial charge >= 0.3 is 0 Å². The number of aryl methyl sites for hydroxylation is 1. The molecule has 1 aromatic heterocycles. The fraction of sp³-hybridized carbons (Fsp3) is 0.400. The predicted octanol–water partition coefficient (Wildman–Crippen LogP) is 1.60. The van der Waals surface area contributed by atoms with Crippen molar-refractivity contribution in [3.8, 4) is 0 Å². The van der Waals surface area contributed by atoms with E-state index in [1.807, 2.05) is 6.07 Å². The summed E-state index contributed by atoms with van der Waals surface area (Å²) in [5, 5.41) is 2.85. The van der Waals surface area contributed by atoms with E-state index in [0.29, 0.717) is 38.9 Å². The second kappa shape index (κ2) is 9.16. The van der Waals surface area contributed by atoms with E-state index in [1.54, 1.807) is 47.2 Å². The lowest BCUT2D eigenvalue weighted by Gasteiger charge is -2.23. The van der Waals surface area contributed by atoms with Gasteiger partial charge in [0.25, 0.3) is 0 Å². The van der Waals surface area contributed by atoms with Crippen molar-refractivity contribution in [2.45, 2.75) is 43.2 Å². The van der Waals surface area contributed by atoms with Crippen LogP contribution in [0.3, 0.4) is 0 Å². The highest BCUT2D eigenvalue weighted by atomic mass is 32.2. The van der Waals surface area contributed by atoms with Crippen LogP contribution in [0.25, 0.3) is 0 Å². The quantitative estimate of drug-likeness (QED) is 0.678. The molecule has 1 amide bonds. The molecule has 1 aromatic carbocycles. The zero-order valence-corrected chi connectivity index (χ0v) is 16.5. The molecule has 1 N–H and O–H groups in total. The second-order valence-corrected chi connectivity index (χ2v) is 8.71. The summed E-state index contributed by atoms with van der Waals surface area (Å²) in [5.74, 6) is -0.256. The molecule has 8 heteroatoms. The third-order valence-corrected chi connectivity index (χ3v) is 6.80. The molecule has 2 heterocycles. The van der Waals surface area contributed by atoms with E-state index in [1.165, 1.54) is 10.4 Å². The van der Waals surface area contributed by atoms with E-state index in [2.05, 4.69) is 5.32 Å². The van der Waals surface area contributed by atoms with E-state index in [0.717, 1.165) is 6.42 Å². The summed E-state index contributed by atoms with van der Waals surface area (Å²) in [6.45, 7) is 1.40. The van der Waals surface area contributed by atoms with Crippen LogP contribution >= 0.6 is 0 Å². The van der Waals surface area contributed by atoms with Crippen LogP contribution in [-0.4, -0.2) is 42.3 Å². The Morgan fingerprint density at radius 1 is 1.07 bits per heavy atom. The average molecular weight is 404 g/mol. The molecule has 3 rings (SSSR count). The SMILES string of the molecule is O=C(NCCCCn1ccccc1=O)C1CCCN1S(=O)(=O)c1ccccc1. The Morgan fingerprint density at radius 2 is 1.82 bits per heavy atom. The number of aromatic nitrogens is 1. The van der Waals surface area contributed by atoms with E-state index >= 15 is 0 Å². The summed E-state index contributed by atoms with van der Waals surface area (Å²) >= 11 is 0. The molecule has 7 nitrogen and oxygen atoms in total. The number of hydrogen-bond acceptors (Lipinski definition) is 4. The van der Waals surface area contributed by atoms with Gasteiger partial charge in [-0.05, 0) is 43.9 Å². The Bertz CT molecular complexity index is 957. The van der Waals surface area contributed by atoms with Crippen molar-refractivity contribution in [1.29, 1.82) is 0 Å². The molecule has 0 bridgehead atoms. The smallest absolute Gasteiger partial charge is 0.250 e. The Hall–Kier alpha value is -2.45. The van der Waals surface area contributed by atoms with Crippen molar-refractivity contribution in [2.24, 2.45) is 0 Å². The van der Waals surface area contributed by atoms with Gasteiger partial charge in [0.1, 0.15) is 6.04 Å². The van der Waals surface area contributed by atoms with E-state index in [9.17, 15) is 18.0 Å². The highest BCUT2D eigenvalue weighted by Crippen LogP contribution is 2.26. The van der Waals surface area contributed by atoms with Crippen LogP contribution in [-0.2, 0) is 21.4 Å². The van der Waals surface area contributed by atoms with Gasteiger partial charge in [0.05, 0.1) is 4.90 Å². The third-order valence-electron chi connectivity index (χ3n) is 4.88. The molecule has 1 aliphatic heterocycles. The minimum Gasteiger partial charge on any atom is -0.355 e. The minimum absolute atomic E-state index is 0.0424. The summed E-state index contributed by atoms with van der Waals surface area (Å²) < 4.78 is 28.6. The molecule has 2 aromatic rings. The van der Waals surface area contributed by atoms with Gasteiger partial charge in [-0.15, -0.1) is 0 Å². The maximum atomic E-state index is 12.8. The number of unbranched alkanes of at least 4 members (excludes halogenated alkanes) is 1. The number of carbonyl (C=O) groups excluding carboxylic acids is 1. The molecule has 1 unspecified atom stereocenters. The number of rotatable bonds is 8. The van der Waals surface area contributed by atoms with Crippen LogP contribution in [0, 0.1) is 0 Å². The van der Waals surface area contributed by atoms with Gasteiger partial charge in [0, 0.05) is 31.9 Å². The molecular weight excluding hydrogens is 378 g/mol. The molecular formula is C20H25N3O4S. The molecule has 1 atom stereocenters. The van der Waals surface area contributed by atoms with Crippen molar-refractivity contribution in [2.75, 3.05) is 13.1 Å². The van der Waals surface area contributed by atoms with Gasteiger partial charge in [-0.2, -0.15) is 4.31 Å². The van der Waals surface area contributed by atoms with Gasteiger partial charge < -0.3 is 9.88 Å². The Morgan fingerprint density at radius 3 is 2.57 bits per heavy atom. The monoisotopic (exact) mass is 403 g/mol. The largest absolute Gasteiger partial charge is 0.355 e. The van der Waals surface area contributed by atoms with Crippen molar-refractivity contribution in [3.63, 3.8) is 0 Å². The number of nitrogens with one attached hydrogen (secondary N) is 1. The van der Waals surface area contributed by atoms with Crippen LogP contribution in [0.5, 0.6) is 0 Å². The van der Waals surface area contributed by atoms with Crippen LogP contribution < -0.4 is 10.9 Å². The van der Waals surface area contributed by atoms with Gasteiger partial charge in [-0.3, -0.25) is 9.59 Å². The first-order valence-corrected chi connectivity index (χ1v) is 10.9. The highest BCUT2D eigenvalue weighted by Gasteiger charge is 2.39. The predicted molar refractivity (Wildman–Crippen MR) is 106 cm³/mol. The molecule has 1 aliphatic rings. The van der Waals surface area contributed by atoms with Crippen molar-refractivity contribution in [1.82, 2.24) is 14.2 Å². The van der Waals surface area contributed by atoms with E-state index in [4.69, 9.17) is 0 Å². The summed E-state index contributed by atoms with van der Waals surface area (Å²) in [6.07, 6.45) is 4.40. The molecule has 0 saturated carbocycles. The molecule has 150 valence electrons. The summed E-state index contributed by atoms with van der Waals surface area (Å²) in [6, 6.07) is 12.6. The first kappa shape index (κ1) is 20.3. The summed E-state index contributed by atoms with van der Waals surface area (Å²) in [7, 11) is -3.67. The van der Waals surface area contributed by atoms with Crippen molar-refractivity contribution in [3.05, 3.63) is 65.1 Å². The standard InChI is InChI=1S/C20H25N3O4S/c24-19-12-4-6-14-22(19)15-7-5-13-21-20(25)18-11-8-16-23(18)28(26,27)17-9-2-1-3-10-17/h1-4,6,9-10,12,14,18H,5,7-8,11,13,15-16H2,(H,21,25). The summed E-state index contributed by atoms with van der Waals surface area (Å²) in [5.41, 5.74) is -0.0424. The van der Waals surface area contributed by atoms with Gasteiger partial charge in [0.2, 0.25) is 21.5 Å². The number of hydrogen-bond donors (Lipinski definition) is 1. The Labute approximate surface area is 165 Å². The van der Waals surface area contributed by atoms with E-state index < -0.39 is 16.1 Å².